The number of nitrogens with one attached hydrogen (secondary N) is 1. The lowest BCUT2D eigenvalue weighted by Gasteiger charge is -2.16. The van der Waals surface area contributed by atoms with Crippen molar-refractivity contribution in [2.75, 3.05) is 6.54 Å². The van der Waals surface area contributed by atoms with Crippen LogP contribution < -0.4 is 16.6 Å². The molecule has 3 aromatic rings. The number of hydrogen-bond acceptors (Lipinski definition) is 6. The van der Waals surface area contributed by atoms with Crippen LogP contribution in [0.15, 0.2) is 34.0 Å². The molecule has 146 valence electrons. The predicted octanol–water partition coefficient (Wildman–Crippen LogP) is 3.24. The molecule has 0 spiro atoms. The number of thiophene rings is 2. The molecule has 0 saturated heterocycles. The maximum absolute atomic E-state index is 12.9. The van der Waals surface area contributed by atoms with Gasteiger partial charge in [-0.25, -0.2) is 4.98 Å². The molecule has 3 heterocycles. The Morgan fingerprint density at radius 2 is 2.22 bits per heavy atom. The van der Waals surface area contributed by atoms with Crippen LogP contribution in [-0.4, -0.2) is 28.0 Å². The van der Waals surface area contributed by atoms with E-state index >= 15 is 0 Å². The number of carbonyl (C=O) groups excluding carboxylic acids is 1. The van der Waals surface area contributed by atoms with E-state index in [0.717, 1.165) is 29.7 Å². The maximum atomic E-state index is 12.9. The van der Waals surface area contributed by atoms with Crippen LogP contribution in [-0.2, 0) is 11.3 Å². The second-order valence-electron chi connectivity index (χ2n) is 6.13. The fourth-order valence-electron chi connectivity index (χ4n) is 2.82. The summed E-state index contributed by atoms with van der Waals surface area (Å²) in [5.41, 5.74) is 6.42. The number of rotatable bonds is 8. The Bertz CT molecular complexity index is 937. The molecule has 0 aromatic carbocycles. The number of unbranched alkanes of at least 4 members (excludes halogenated alkanes) is 1. The van der Waals surface area contributed by atoms with E-state index in [0.29, 0.717) is 16.8 Å². The Kier molecular flexibility index (Phi) is 7.97. The lowest BCUT2D eigenvalue weighted by molar-refractivity contribution is -0.122. The minimum atomic E-state index is -0.215. The van der Waals surface area contributed by atoms with E-state index < -0.39 is 0 Å². The highest BCUT2D eigenvalue weighted by molar-refractivity contribution is 7.18. The molecule has 6 nitrogen and oxygen atoms in total. The summed E-state index contributed by atoms with van der Waals surface area (Å²) in [5.74, 6) is -0.215. The van der Waals surface area contributed by atoms with Crippen LogP contribution in [0.1, 0.15) is 26.2 Å². The van der Waals surface area contributed by atoms with Gasteiger partial charge < -0.3 is 11.1 Å². The molecular weight excluding hydrogens is 404 g/mol. The second kappa shape index (κ2) is 9.98. The van der Waals surface area contributed by atoms with Crippen molar-refractivity contribution in [1.82, 2.24) is 14.9 Å². The van der Waals surface area contributed by atoms with Crippen molar-refractivity contribution in [3.8, 4) is 10.4 Å². The first-order valence-electron chi connectivity index (χ1n) is 8.64. The first-order chi connectivity index (χ1) is 12.6. The molecular formula is C18H23ClN4O2S2. The smallest absolute Gasteiger partial charge is 0.263 e. The molecule has 0 bridgehead atoms. The van der Waals surface area contributed by atoms with Gasteiger partial charge in [0.05, 0.1) is 11.7 Å². The van der Waals surface area contributed by atoms with Crippen LogP contribution in [0.3, 0.4) is 0 Å². The van der Waals surface area contributed by atoms with Gasteiger partial charge in [-0.15, -0.1) is 35.1 Å². The first-order valence-corrected chi connectivity index (χ1v) is 10.4. The monoisotopic (exact) mass is 426 g/mol. The molecule has 0 aliphatic heterocycles. The highest BCUT2D eigenvalue weighted by atomic mass is 35.5. The number of amides is 1. The van der Waals surface area contributed by atoms with Gasteiger partial charge in [0.15, 0.2) is 0 Å². The van der Waals surface area contributed by atoms with Gasteiger partial charge >= 0.3 is 0 Å². The van der Waals surface area contributed by atoms with Gasteiger partial charge in [0.2, 0.25) is 5.91 Å². The minimum absolute atomic E-state index is 0. The summed E-state index contributed by atoms with van der Waals surface area (Å²) in [6.45, 7) is 2.44. The quantitative estimate of drug-likeness (QED) is 0.578. The summed E-state index contributed by atoms with van der Waals surface area (Å²) in [4.78, 5) is 31.3. The summed E-state index contributed by atoms with van der Waals surface area (Å²) >= 11 is 3.02. The van der Waals surface area contributed by atoms with Gasteiger partial charge in [-0.05, 0) is 17.9 Å². The normalized spacial score (nSPS) is 11.9. The van der Waals surface area contributed by atoms with Crippen molar-refractivity contribution in [2.24, 2.45) is 5.73 Å². The standard InChI is InChI=1S/C18H22N4O2S2.ClH/c1-2-3-5-12(8-19)21-15(23)9-22-11-20-17-16(18(22)24)13(10-26-17)14-6-4-7-25-14;/h4,6-7,10-12H,2-3,5,8-9,19H2,1H3,(H,21,23);1H. The maximum Gasteiger partial charge on any atom is 0.263 e. The zero-order chi connectivity index (χ0) is 18.5. The third-order valence-electron chi connectivity index (χ3n) is 4.22. The van der Waals surface area contributed by atoms with E-state index in [4.69, 9.17) is 5.73 Å². The highest BCUT2D eigenvalue weighted by Gasteiger charge is 2.16. The lowest BCUT2D eigenvalue weighted by Crippen LogP contribution is -2.42. The number of hydrogen-bond donors (Lipinski definition) is 2. The number of halogens is 1. The van der Waals surface area contributed by atoms with Gasteiger partial charge in [0.25, 0.3) is 5.56 Å². The molecule has 27 heavy (non-hydrogen) atoms. The van der Waals surface area contributed by atoms with Crippen LogP contribution in [0.2, 0.25) is 0 Å². The van der Waals surface area contributed by atoms with E-state index in [1.807, 2.05) is 22.9 Å². The Hall–Kier alpha value is -1.74. The third-order valence-corrected chi connectivity index (χ3v) is 6.01. The van der Waals surface area contributed by atoms with E-state index in [1.54, 1.807) is 11.3 Å². The molecule has 9 heteroatoms. The van der Waals surface area contributed by atoms with Crippen molar-refractivity contribution in [2.45, 2.75) is 38.8 Å². The summed E-state index contributed by atoms with van der Waals surface area (Å²) in [5, 5.41) is 7.42. The molecule has 1 amide bonds. The van der Waals surface area contributed by atoms with Crippen LogP contribution in [0.5, 0.6) is 0 Å². The SMILES string of the molecule is CCCCC(CN)NC(=O)Cn1cnc2scc(-c3cccs3)c2c1=O.Cl. The number of carbonyl (C=O) groups is 1. The molecule has 3 rings (SSSR count). The average Bonchev–Trinajstić information content (AvgIpc) is 3.30. The van der Waals surface area contributed by atoms with Crippen molar-refractivity contribution in [3.05, 3.63) is 39.6 Å². The van der Waals surface area contributed by atoms with Crippen LogP contribution in [0, 0.1) is 0 Å². The van der Waals surface area contributed by atoms with Gasteiger partial charge in [-0.1, -0.05) is 25.8 Å². The predicted molar refractivity (Wildman–Crippen MR) is 115 cm³/mol. The average molecular weight is 427 g/mol. The van der Waals surface area contributed by atoms with E-state index in [-0.39, 0.29) is 36.5 Å². The Morgan fingerprint density at radius 1 is 1.41 bits per heavy atom. The van der Waals surface area contributed by atoms with Crippen molar-refractivity contribution in [1.29, 1.82) is 0 Å². The molecule has 3 N–H and O–H groups in total. The second-order valence-corrected chi connectivity index (χ2v) is 7.93. The molecule has 0 saturated carbocycles. The Morgan fingerprint density at radius 3 is 2.89 bits per heavy atom. The summed E-state index contributed by atoms with van der Waals surface area (Å²) < 4.78 is 1.37. The summed E-state index contributed by atoms with van der Waals surface area (Å²) in [6.07, 6.45) is 4.35. The van der Waals surface area contributed by atoms with E-state index in [1.165, 1.54) is 22.2 Å². The third kappa shape index (κ3) is 4.95. The fourth-order valence-corrected chi connectivity index (χ4v) is 4.54. The Labute approximate surface area is 171 Å². The highest BCUT2D eigenvalue weighted by Crippen LogP contribution is 2.33. The van der Waals surface area contributed by atoms with E-state index in [9.17, 15) is 9.59 Å². The first kappa shape index (κ1) is 21.6. The summed E-state index contributed by atoms with van der Waals surface area (Å²) in [7, 11) is 0. The van der Waals surface area contributed by atoms with Crippen molar-refractivity contribution >= 4 is 51.2 Å². The molecule has 1 unspecified atom stereocenters. The van der Waals surface area contributed by atoms with Crippen molar-refractivity contribution < 1.29 is 4.79 Å². The van der Waals surface area contributed by atoms with Crippen LogP contribution in [0.4, 0.5) is 0 Å². The van der Waals surface area contributed by atoms with Gasteiger partial charge in [0, 0.05) is 28.4 Å². The lowest BCUT2D eigenvalue weighted by atomic mass is 10.1. The molecule has 0 fully saturated rings. The van der Waals surface area contributed by atoms with Crippen molar-refractivity contribution in [3.63, 3.8) is 0 Å². The number of nitrogens with zero attached hydrogens (tertiary/aromatic N) is 2. The molecule has 1 atom stereocenters. The largest absolute Gasteiger partial charge is 0.351 e. The van der Waals surface area contributed by atoms with Gasteiger partial charge in [-0.2, -0.15) is 0 Å². The van der Waals surface area contributed by atoms with Gasteiger partial charge in [-0.3, -0.25) is 14.2 Å². The number of nitrogens with two attached hydrogens (primary N) is 1. The Balaban J connectivity index is 0.00000261. The number of fused-ring (bicyclic) bond motifs is 1. The molecule has 0 radical (unpaired) electrons. The molecule has 0 aliphatic rings. The summed E-state index contributed by atoms with van der Waals surface area (Å²) in [6, 6.07) is 3.88. The molecule has 0 aliphatic carbocycles. The minimum Gasteiger partial charge on any atom is -0.351 e. The molecule has 3 aromatic heterocycles. The fraction of sp³-hybridized carbons (Fsp3) is 0.389. The zero-order valence-electron chi connectivity index (χ0n) is 15.0. The zero-order valence-corrected chi connectivity index (χ0v) is 17.5. The van der Waals surface area contributed by atoms with Gasteiger partial charge in [0.1, 0.15) is 11.4 Å². The van der Waals surface area contributed by atoms with Crippen LogP contribution in [0.25, 0.3) is 20.7 Å². The number of aromatic nitrogens is 2. The topological polar surface area (TPSA) is 90.0 Å². The van der Waals surface area contributed by atoms with E-state index in [2.05, 4.69) is 17.2 Å². The van der Waals surface area contributed by atoms with Crippen LogP contribution >= 0.6 is 35.1 Å².